The van der Waals surface area contributed by atoms with E-state index in [1.165, 1.54) is 43.5 Å². The van der Waals surface area contributed by atoms with Gasteiger partial charge in [-0.25, -0.2) is 0 Å². The van der Waals surface area contributed by atoms with Gasteiger partial charge in [-0.1, -0.05) is 64.1 Å². The summed E-state index contributed by atoms with van der Waals surface area (Å²) in [6.07, 6.45) is 9.47. The Hall–Kier alpha value is -1.16. The molecular weight excluding hydrogens is 318 g/mol. The molecule has 1 fully saturated rings. The van der Waals surface area contributed by atoms with Crippen molar-refractivity contribution in [2.75, 3.05) is 26.2 Å². The van der Waals surface area contributed by atoms with Crippen molar-refractivity contribution in [1.29, 1.82) is 0 Å². The molecule has 150 valence electrons. The molecule has 1 aromatic carbocycles. The molecule has 26 heavy (non-hydrogen) atoms. The monoisotopic (exact) mass is 361 g/mol. The van der Waals surface area contributed by atoms with E-state index in [0.29, 0.717) is 0 Å². The third kappa shape index (κ3) is 13.1. The van der Waals surface area contributed by atoms with Crippen LogP contribution in [0.5, 0.6) is 0 Å². The highest BCUT2D eigenvalue weighted by molar-refractivity contribution is 5.24. The molecule has 3 nitrogen and oxygen atoms in total. The molecule has 0 radical (unpaired) electrons. The van der Waals surface area contributed by atoms with Crippen molar-refractivity contribution in [2.45, 2.75) is 66.3 Å². The minimum Gasteiger partial charge on any atom is -0.324 e. The van der Waals surface area contributed by atoms with E-state index in [-0.39, 0.29) is 6.04 Å². The maximum absolute atomic E-state index is 5.71. The van der Waals surface area contributed by atoms with E-state index in [0.717, 1.165) is 25.4 Å². The molecule has 4 N–H and O–H groups in total. The maximum Gasteiger partial charge on any atom is 0.0266 e. The number of aryl methyl sites for hydroxylation is 1. The van der Waals surface area contributed by atoms with Crippen LogP contribution in [0.25, 0.3) is 0 Å². The lowest BCUT2D eigenvalue weighted by atomic mass is 10.0. The third-order valence-corrected chi connectivity index (χ3v) is 4.37. The summed E-state index contributed by atoms with van der Waals surface area (Å²) in [5.74, 6) is 0.925. The van der Waals surface area contributed by atoms with Gasteiger partial charge in [-0.05, 0) is 69.3 Å². The van der Waals surface area contributed by atoms with Crippen molar-refractivity contribution in [3.05, 3.63) is 47.5 Å². The topological polar surface area (TPSA) is 50.1 Å². The second-order valence-corrected chi connectivity index (χ2v) is 6.80. The molecule has 2 aliphatic rings. The quantitative estimate of drug-likeness (QED) is 0.661. The smallest absolute Gasteiger partial charge is 0.0266 e. The summed E-state index contributed by atoms with van der Waals surface area (Å²) in [4.78, 5) is 0. The van der Waals surface area contributed by atoms with E-state index in [4.69, 9.17) is 5.73 Å². The molecule has 1 aromatic rings. The lowest BCUT2D eigenvalue weighted by Gasteiger charge is -2.17. The van der Waals surface area contributed by atoms with Crippen LogP contribution < -0.4 is 16.4 Å². The highest BCUT2D eigenvalue weighted by Crippen LogP contribution is 2.10. The van der Waals surface area contributed by atoms with Crippen LogP contribution in [0.2, 0.25) is 0 Å². The van der Waals surface area contributed by atoms with Gasteiger partial charge in [0.2, 0.25) is 0 Å². The summed E-state index contributed by atoms with van der Waals surface area (Å²) in [5, 5.41) is 6.53. The second-order valence-electron chi connectivity index (χ2n) is 6.80. The van der Waals surface area contributed by atoms with Crippen LogP contribution in [0, 0.1) is 5.92 Å². The fourth-order valence-corrected chi connectivity index (χ4v) is 2.65. The van der Waals surface area contributed by atoms with E-state index >= 15 is 0 Å². The normalized spacial score (nSPS) is 19.5. The Kier molecular flexibility index (Phi) is 16.5. The number of piperidine rings is 1. The highest BCUT2D eigenvalue weighted by Gasteiger charge is 2.04. The minimum absolute atomic E-state index is 0.154. The molecule has 0 amide bonds. The van der Waals surface area contributed by atoms with Crippen molar-refractivity contribution in [3.63, 3.8) is 0 Å². The molecule has 2 atom stereocenters. The Balaban J connectivity index is 0.000000361. The molecule has 2 unspecified atom stereocenters. The molecule has 3 heteroatoms. The molecule has 1 saturated heterocycles. The predicted octanol–water partition coefficient (Wildman–Crippen LogP) is 4.84. The van der Waals surface area contributed by atoms with Crippen LogP contribution in [0.4, 0.5) is 0 Å². The molecule has 0 spiro atoms. The fourth-order valence-electron chi connectivity index (χ4n) is 2.65. The Morgan fingerprint density at radius 2 is 1.77 bits per heavy atom. The fraction of sp³-hybridized carbons (Fsp3) is 0.652. The van der Waals surface area contributed by atoms with Gasteiger partial charge in [-0.15, -0.1) is 0 Å². The van der Waals surface area contributed by atoms with Crippen molar-refractivity contribution in [1.82, 2.24) is 10.6 Å². The van der Waals surface area contributed by atoms with Crippen LogP contribution in [-0.4, -0.2) is 26.2 Å². The van der Waals surface area contributed by atoms with E-state index in [1.54, 1.807) is 0 Å². The molecule has 0 bridgehead atoms. The third-order valence-electron chi connectivity index (χ3n) is 4.37. The Bertz CT molecular complexity index is 423. The molecule has 2 aliphatic heterocycles. The Morgan fingerprint density at radius 1 is 1.08 bits per heavy atom. The average Bonchev–Trinajstić information content (AvgIpc) is 2.72. The minimum atomic E-state index is 0.154. The zero-order valence-electron chi connectivity index (χ0n) is 17.9. The largest absolute Gasteiger partial charge is 0.324 e. The first-order valence-corrected chi connectivity index (χ1v) is 10.5. The zero-order chi connectivity index (χ0) is 19.6. The lowest BCUT2D eigenvalue weighted by molar-refractivity contribution is 0.405. The standard InChI is InChI=1S/C10H15N.C6H13N.C5H9N.C2H6/c1-3-9-4-6-10(7-5-9)8(2)11;1-6-3-2-4-7-5-6;1-2-4-6-5-3-1;1-2/h4-8H,3,11H2,1-2H3;6-7H,2-5H2,1H3;1-2,6H,3-5H2;1-2H3. The Labute approximate surface area is 162 Å². The van der Waals surface area contributed by atoms with Gasteiger partial charge in [0, 0.05) is 12.6 Å². The summed E-state index contributed by atoms with van der Waals surface area (Å²) >= 11 is 0. The number of benzene rings is 1. The second kappa shape index (κ2) is 17.3. The van der Waals surface area contributed by atoms with Gasteiger partial charge in [0.05, 0.1) is 0 Å². The lowest BCUT2D eigenvalue weighted by Crippen LogP contribution is -2.27. The molecule has 2 heterocycles. The highest BCUT2D eigenvalue weighted by atomic mass is 14.9. The first kappa shape index (κ1) is 24.8. The SMILES string of the molecule is C1=CCNCC1.CC.CC1CCCNC1.CCc1ccc(C(C)N)cc1. The van der Waals surface area contributed by atoms with Crippen molar-refractivity contribution in [3.8, 4) is 0 Å². The number of nitrogens with two attached hydrogens (primary N) is 1. The van der Waals surface area contributed by atoms with Crippen LogP contribution >= 0.6 is 0 Å². The van der Waals surface area contributed by atoms with Gasteiger partial charge in [-0.3, -0.25) is 0 Å². The van der Waals surface area contributed by atoms with Crippen molar-refractivity contribution in [2.24, 2.45) is 11.7 Å². The number of hydrogen-bond donors (Lipinski definition) is 3. The number of nitrogens with one attached hydrogen (secondary N) is 2. The van der Waals surface area contributed by atoms with Crippen LogP contribution in [-0.2, 0) is 6.42 Å². The predicted molar refractivity (Wildman–Crippen MR) is 118 cm³/mol. The summed E-state index contributed by atoms with van der Waals surface area (Å²) in [6.45, 7) is 15.2. The van der Waals surface area contributed by atoms with Crippen LogP contribution in [0.15, 0.2) is 36.4 Å². The van der Waals surface area contributed by atoms with Crippen molar-refractivity contribution >= 4 is 0 Å². The number of hydrogen-bond acceptors (Lipinski definition) is 3. The summed E-state index contributed by atoms with van der Waals surface area (Å²) < 4.78 is 0. The van der Waals surface area contributed by atoms with E-state index in [2.05, 4.69) is 60.9 Å². The van der Waals surface area contributed by atoms with Gasteiger partial charge < -0.3 is 16.4 Å². The van der Waals surface area contributed by atoms with Crippen molar-refractivity contribution < 1.29 is 0 Å². The van der Waals surface area contributed by atoms with Crippen LogP contribution in [0.1, 0.15) is 71.0 Å². The molecule has 0 saturated carbocycles. The summed E-state index contributed by atoms with van der Waals surface area (Å²) in [5.41, 5.74) is 8.29. The maximum atomic E-state index is 5.71. The molecule has 0 aromatic heterocycles. The molecular formula is C23H43N3. The summed E-state index contributed by atoms with van der Waals surface area (Å²) in [6, 6.07) is 8.63. The number of rotatable bonds is 2. The van der Waals surface area contributed by atoms with Gasteiger partial charge >= 0.3 is 0 Å². The average molecular weight is 362 g/mol. The van der Waals surface area contributed by atoms with E-state index < -0.39 is 0 Å². The Morgan fingerprint density at radius 3 is 2.04 bits per heavy atom. The van der Waals surface area contributed by atoms with Gasteiger partial charge in [0.25, 0.3) is 0 Å². The van der Waals surface area contributed by atoms with Gasteiger partial charge in [0.15, 0.2) is 0 Å². The zero-order valence-corrected chi connectivity index (χ0v) is 17.9. The first-order chi connectivity index (χ1) is 12.6. The first-order valence-electron chi connectivity index (χ1n) is 10.5. The van der Waals surface area contributed by atoms with Crippen LogP contribution in [0.3, 0.4) is 0 Å². The molecule has 3 rings (SSSR count). The van der Waals surface area contributed by atoms with Gasteiger partial charge in [0.1, 0.15) is 0 Å². The molecule has 0 aliphatic carbocycles. The van der Waals surface area contributed by atoms with E-state index in [1.807, 2.05) is 20.8 Å². The van der Waals surface area contributed by atoms with Gasteiger partial charge in [-0.2, -0.15) is 0 Å². The van der Waals surface area contributed by atoms with E-state index in [9.17, 15) is 0 Å². The summed E-state index contributed by atoms with van der Waals surface area (Å²) in [7, 11) is 0.